The molecule has 0 bridgehead atoms. The average Bonchev–Trinajstić information content (AvgIpc) is 1.76. The zero-order valence-electron chi connectivity index (χ0n) is 65.5. The fourth-order valence-electron chi connectivity index (χ4n) is 15.5. The SMILES string of the molecule is CCCCCCCCCCCCOc1ccc(-c2ccc(-n3cc[n+](Cc4c(CC)c(C[n+]5ccn(-c6ccc(-c7ccc(OCCCCCCCCCCCC)cc7)cc6)c5)c(CC)c(C[n+]5ccn(-c6ccc(-c7ccc(OCCCCCCCCCCCC)cc7)cc6)c5)c4CC)c3)cc2)cc1. The average molecular weight is 1420 g/mol. The second kappa shape index (κ2) is 44.5. The molecule has 0 saturated heterocycles. The molecular formula is C96H129N6O3+3. The van der Waals surface area contributed by atoms with Crippen LogP contribution in [0.4, 0.5) is 0 Å². The molecule has 0 unspecified atom stereocenters. The number of rotatable bonds is 51. The molecule has 10 rings (SSSR count). The Kier molecular flexibility index (Phi) is 33.6. The van der Waals surface area contributed by atoms with E-state index in [-0.39, 0.29) is 0 Å². The highest BCUT2D eigenvalue weighted by Crippen LogP contribution is 2.33. The fourth-order valence-corrected chi connectivity index (χ4v) is 15.5. The summed E-state index contributed by atoms with van der Waals surface area (Å²) in [5.74, 6) is 2.85. The Morgan fingerprint density at radius 1 is 0.229 bits per heavy atom. The van der Waals surface area contributed by atoms with Crippen LogP contribution in [0.15, 0.2) is 202 Å². The molecule has 0 aliphatic rings. The van der Waals surface area contributed by atoms with Gasteiger partial charge < -0.3 is 14.2 Å². The molecule has 0 amide bonds. The molecule has 0 radical (unpaired) electrons. The maximum atomic E-state index is 6.19. The van der Waals surface area contributed by atoms with Crippen molar-refractivity contribution in [1.29, 1.82) is 0 Å². The second-order valence-corrected chi connectivity index (χ2v) is 29.7. The molecule has 0 N–H and O–H groups in total. The first-order valence-corrected chi connectivity index (χ1v) is 41.7. The second-order valence-electron chi connectivity index (χ2n) is 29.7. The first kappa shape index (κ1) is 79.1. The van der Waals surface area contributed by atoms with Gasteiger partial charge in [0.05, 0.1) is 19.8 Å². The van der Waals surface area contributed by atoms with E-state index < -0.39 is 0 Å². The molecule has 0 saturated carbocycles. The minimum absolute atomic E-state index is 0.773. The molecule has 3 aromatic heterocycles. The third-order valence-corrected chi connectivity index (χ3v) is 21.7. The summed E-state index contributed by atoms with van der Waals surface area (Å²) >= 11 is 0. The van der Waals surface area contributed by atoms with Gasteiger partial charge in [-0.25, -0.2) is 27.4 Å². The van der Waals surface area contributed by atoms with E-state index in [2.05, 4.69) is 271 Å². The highest BCUT2D eigenvalue weighted by atomic mass is 16.5. The molecule has 558 valence electrons. The van der Waals surface area contributed by atoms with Crippen molar-refractivity contribution in [3.63, 3.8) is 0 Å². The number of ether oxygens (including phenoxy) is 3. The summed E-state index contributed by atoms with van der Waals surface area (Å²) in [5, 5.41) is 0. The van der Waals surface area contributed by atoms with E-state index in [9.17, 15) is 0 Å². The third kappa shape index (κ3) is 24.8. The largest absolute Gasteiger partial charge is 0.494 e. The van der Waals surface area contributed by atoms with Crippen molar-refractivity contribution in [2.45, 2.75) is 273 Å². The van der Waals surface area contributed by atoms with Crippen LogP contribution in [0.3, 0.4) is 0 Å². The van der Waals surface area contributed by atoms with Crippen molar-refractivity contribution in [1.82, 2.24) is 13.7 Å². The van der Waals surface area contributed by atoms with Gasteiger partial charge in [0.15, 0.2) is 0 Å². The maximum Gasteiger partial charge on any atom is 0.249 e. The minimum Gasteiger partial charge on any atom is -0.494 e. The van der Waals surface area contributed by atoms with E-state index in [0.29, 0.717) is 0 Å². The van der Waals surface area contributed by atoms with Crippen molar-refractivity contribution < 1.29 is 27.9 Å². The predicted octanol–water partition coefficient (Wildman–Crippen LogP) is 24.7. The van der Waals surface area contributed by atoms with E-state index in [1.807, 2.05) is 0 Å². The molecule has 10 aromatic rings. The van der Waals surface area contributed by atoms with Crippen LogP contribution in [0.25, 0.3) is 50.4 Å². The zero-order valence-corrected chi connectivity index (χ0v) is 65.5. The molecule has 0 aliphatic heterocycles. The topological polar surface area (TPSA) is 54.1 Å². The highest BCUT2D eigenvalue weighted by Gasteiger charge is 2.27. The molecule has 9 heteroatoms. The zero-order chi connectivity index (χ0) is 72.9. The number of hydrogen-bond donors (Lipinski definition) is 0. The van der Waals surface area contributed by atoms with Crippen molar-refractivity contribution in [2.75, 3.05) is 19.8 Å². The third-order valence-electron chi connectivity index (χ3n) is 21.7. The van der Waals surface area contributed by atoms with Gasteiger partial charge in [0, 0.05) is 16.7 Å². The summed E-state index contributed by atoms with van der Waals surface area (Å²) in [6.45, 7) is 18.6. The van der Waals surface area contributed by atoms with Gasteiger partial charge in [0.25, 0.3) is 0 Å². The summed E-state index contributed by atoms with van der Waals surface area (Å²) in [5.41, 5.74) is 19.3. The Hall–Kier alpha value is -8.43. The molecule has 9 nitrogen and oxygen atoms in total. The minimum atomic E-state index is 0.773. The lowest BCUT2D eigenvalue weighted by Gasteiger charge is -2.24. The lowest BCUT2D eigenvalue weighted by atomic mass is 9.83. The van der Waals surface area contributed by atoms with Gasteiger partial charge in [0.1, 0.15) is 91.1 Å². The number of imidazole rings is 3. The Morgan fingerprint density at radius 2 is 0.429 bits per heavy atom. The molecule has 7 aromatic carbocycles. The number of unbranched alkanes of at least 4 members (excludes halogenated alkanes) is 27. The lowest BCUT2D eigenvalue weighted by molar-refractivity contribution is -0.689. The summed E-state index contributed by atoms with van der Waals surface area (Å²) in [6.07, 6.45) is 62.9. The van der Waals surface area contributed by atoms with Crippen molar-refractivity contribution in [3.05, 3.63) is 235 Å². The van der Waals surface area contributed by atoms with Crippen LogP contribution < -0.4 is 27.9 Å². The molecule has 0 spiro atoms. The maximum absolute atomic E-state index is 6.19. The first-order valence-electron chi connectivity index (χ1n) is 41.7. The summed E-state index contributed by atoms with van der Waals surface area (Å²) < 4.78 is 32.5. The van der Waals surface area contributed by atoms with Crippen LogP contribution in [0.2, 0.25) is 0 Å². The van der Waals surface area contributed by atoms with Gasteiger partial charge in [-0.3, -0.25) is 0 Å². The molecule has 0 fully saturated rings. The van der Waals surface area contributed by atoms with Crippen molar-refractivity contribution >= 4 is 0 Å². The van der Waals surface area contributed by atoms with E-state index in [1.54, 1.807) is 0 Å². The number of hydrogen-bond acceptors (Lipinski definition) is 3. The Balaban J connectivity index is 0.814. The summed E-state index contributed by atoms with van der Waals surface area (Å²) in [6, 6.07) is 52.9. The predicted molar refractivity (Wildman–Crippen MR) is 438 cm³/mol. The van der Waals surface area contributed by atoms with Crippen LogP contribution in [-0.2, 0) is 38.9 Å². The highest BCUT2D eigenvalue weighted by molar-refractivity contribution is 5.67. The van der Waals surface area contributed by atoms with Gasteiger partial charge in [0.2, 0.25) is 19.0 Å². The molecule has 0 atom stereocenters. The van der Waals surface area contributed by atoms with E-state index >= 15 is 0 Å². The smallest absolute Gasteiger partial charge is 0.249 e. The van der Waals surface area contributed by atoms with E-state index in [4.69, 9.17) is 14.2 Å². The summed E-state index contributed by atoms with van der Waals surface area (Å²) in [7, 11) is 0. The monoisotopic (exact) mass is 1410 g/mol. The number of nitrogens with zero attached hydrogens (tertiary/aromatic N) is 6. The van der Waals surface area contributed by atoms with Gasteiger partial charge in [-0.05, 0) is 161 Å². The molecular weight excluding hydrogens is 1290 g/mol. The molecule has 3 heterocycles. The van der Waals surface area contributed by atoms with Crippen LogP contribution in [0.5, 0.6) is 17.2 Å². The van der Waals surface area contributed by atoms with Crippen LogP contribution in [0, 0.1) is 0 Å². The summed E-state index contributed by atoms with van der Waals surface area (Å²) in [4.78, 5) is 0. The Bertz CT molecular complexity index is 3590. The molecule has 105 heavy (non-hydrogen) atoms. The van der Waals surface area contributed by atoms with Crippen molar-refractivity contribution in [3.8, 4) is 67.7 Å². The van der Waals surface area contributed by atoms with E-state index in [0.717, 1.165) is 112 Å². The Morgan fingerprint density at radius 3 is 0.638 bits per heavy atom. The van der Waals surface area contributed by atoms with Crippen LogP contribution >= 0.6 is 0 Å². The molecule has 0 aliphatic carbocycles. The number of benzene rings is 7. The van der Waals surface area contributed by atoms with Gasteiger partial charge in [-0.2, -0.15) is 0 Å². The quantitative estimate of drug-likeness (QED) is 0.0282. The number of aromatic nitrogens is 6. The fraction of sp³-hybridized carbons (Fsp3) is 0.469. The Labute approximate surface area is 633 Å². The van der Waals surface area contributed by atoms with Gasteiger partial charge >= 0.3 is 0 Å². The van der Waals surface area contributed by atoms with Crippen molar-refractivity contribution in [2.24, 2.45) is 0 Å². The first-order chi connectivity index (χ1) is 51.8. The normalized spacial score (nSPS) is 11.5. The van der Waals surface area contributed by atoms with Crippen LogP contribution in [-0.4, -0.2) is 33.5 Å². The standard InChI is InChI=1S/C96H129N6O3/c1-7-13-16-19-22-25-28-31-34-37-70-103-88-58-46-82(47-59-88)79-40-52-85(53-41-79)100-67-64-97(76-100)73-94-91(10-4)95(74-98-65-68-101(77-98)86-54-42-80(43-55-86)83-48-60-89(61-49-83)104-71-38-35-32-29-26-23-20-17-14-8-2)93(12-6)96(92(94)11-5)75-99-66-69-102(78-99)87-56-44-81(45-57-87)84-50-62-90(63-51-84)105-72-39-36-33-30-27-24-21-18-15-9-3/h40-69,76-78H,7-39,70-75H2,1-6H3/q+3. The van der Waals surface area contributed by atoms with Crippen LogP contribution in [0.1, 0.15) is 268 Å². The van der Waals surface area contributed by atoms with E-state index in [1.165, 1.54) is 240 Å². The van der Waals surface area contributed by atoms with Gasteiger partial charge in [-0.15, -0.1) is 0 Å². The lowest BCUT2D eigenvalue weighted by Crippen LogP contribution is -2.38. The van der Waals surface area contributed by atoms with Gasteiger partial charge in [-0.1, -0.05) is 288 Å².